The second-order valence-electron chi connectivity index (χ2n) is 6.75. The lowest BCUT2D eigenvalue weighted by Gasteiger charge is -2.46. The normalized spacial score (nSPS) is 25.2. The summed E-state index contributed by atoms with van der Waals surface area (Å²) in [4.78, 5) is 16.7. The van der Waals surface area contributed by atoms with Crippen molar-refractivity contribution in [2.75, 3.05) is 46.3 Å². The summed E-state index contributed by atoms with van der Waals surface area (Å²) < 4.78 is 0. The number of piperazine rings is 2. The molecule has 0 bridgehead atoms. The zero-order chi connectivity index (χ0) is 14.8. The van der Waals surface area contributed by atoms with Gasteiger partial charge in [-0.1, -0.05) is 13.8 Å². The molecule has 2 aliphatic heterocycles. The zero-order valence-corrected chi connectivity index (χ0v) is 13.5. The van der Waals surface area contributed by atoms with Crippen LogP contribution in [0.15, 0.2) is 12.3 Å². The predicted octanol–water partition coefficient (Wildman–Crippen LogP) is 1.03. The first-order valence-corrected chi connectivity index (χ1v) is 8.08. The van der Waals surface area contributed by atoms with Crippen LogP contribution >= 0.6 is 0 Å². The maximum Gasteiger partial charge on any atom is 0.131 e. The Hall–Kier alpha value is -1.04. The van der Waals surface area contributed by atoms with Crippen molar-refractivity contribution in [2.45, 2.75) is 32.4 Å². The van der Waals surface area contributed by atoms with Crippen LogP contribution in [0.5, 0.6) is 0 Å². The second kappa shape index (κ2) is 6.38. The average molecular weight is 289 g/mol. The van der Waals surface area contributed by atoms with Crippen LogP contribution in [0.1, 0.15) is 31.3 Å². The number of likely N-dealkylation sites (N-methyl/N-ethyl adjacent to an activating group) is 1. The van der Waals surface area contributed by atoms with E-state index in [-0.39, 0.29) is 0 Å². The largest absolute Gasteiger partial charge is 0.303 e. The maximum absolute atomic E-state index is 4.71. The number of aromatic nitrogens is 2. The van der Waals surface area contributed by atoms with Crippen molar-refractivity contribution in [3.8, 4) is 0 Å². The monoisotopic (exact) mass is 289 g/mol. The Morgan fingerprint density at radius 1 is 1.19 bits per heavy atom. The van der Waals surface area contributed by atoms with Gasteiger partial charge in [-0.2, -0.15) is 0 Å². The third-order valence-electron chi connectivity index (χ3n) is 4.61. The smallest absolute Gasteiger partial charge is 0.131 e. The highest BCUT2D eigenvalue weighted by atomic mass is 15.3. The van der Waals surface area contributed by atoms with E-state index in [1.165, 1.54) is 26.2 Å². The van der Waals surface area contributed by atoms with Gasteiger partial charge in [0.1, 0.15) is 5.82 Å². The fourth-order valence-corrected chi connectivity index (χ4v) is 3.33. The molecule has 2 saturated heterocycles. The maximum atomic E-state index is 4.71. The summed E-state index contributed by atoms with van der Waals surface area (Å²) in [5.41, 5.74) is 1.16. The summed E-state index contributed by atoms with van der Waals surface area (Å²) in [6, 6.07) is 2.74. The lowest BCUT2D eigenvalue weighted by molar-refractivity contribution is 0.0171. The van der Waals surface area contributed by atoms with Crippen LogP contribution in [0.3, 0.4) is 0 Å². The predicted molar refractivity (Wildman–Crippen MR) is 84.3 cm³/mol. The number of hydrogen-bond acceptors (Lipinski definition) is 5. The van der Waals surface area contributed by atoms with Gasteiger partial charge in [-0.15, -0.1) is 0 Å². The zero-order valence-electron chi connectivity index (χ0n) is 13.5. The summed E-state index contributed by atoms with van der Waals surface area (Å²) in [7, 11) is 2.23. The minimum absolute atomic E-state index is 0.397. The molecule has 0 saturated carbocycles. The van der Waals surface area contributed by atoms with E-state index in [2.05, 4.69) is 46.6 Å². The van der Waals surface area contributed by atoms with Gasteiger partial charge >= 0.3 is 0 Å². The Morgan fingerprint density at radius 3 is 2.81 bits per heavy atom. The van der Waals surface area contributed by atoms with E-state index in [4.69, 9.17) is 4.98 Å². The first-order valence-electron chi connectivity index (χ1n) is 8.08. The van der Waals surface area contributed by atoms with Crippen LogP contribution in [-0.2, 0) is 6.54 Å². The van der Waals surface area contributed by atoms with E-state index >= 15 is 0 Å². The van der Waals surface area contributed by atoms with Crippen LogP contribution in [0.25, 0.3) is 0 Å². The summed E-state index contributed by atoms with van der Waals surface area (Å²) in [6.07, 6.45) is 1.91. The molecule has 116 valence electrons. The molecule has 0 aromatic carbocycles. The Balaban J connectivity index is 1.62. The minimum atomic E-state index is 0.397. The standard InChI is InChI=1S/C16H27N5/c1-13(2)16-17-5-4-14(18-16)10-20-7-9-21-8-6-19(3)11-15(21)12-20/h4-5,13,15H,6-12H2,1-3H3/t15-/m1/s1. The fraction of sp³-hybridized carbons (Fsp3) is 0.750. The van der Waals surface area contributed by atoms with E-state index in [1.807, 2.05) is 6.20 Å². The van der Waals surface area contributed by atoms with Gasteiger partial charge in [-0.3, -0.25) is 9.80 Å². The Bertz CT molecular complexity index is 475. The van der Waals surface area contributed by atoms with E-state index in [0.717, 1.165) is 31.2 Å². The lowest BCUT2D eigenvalue weighted by atomic mass is 10.1. The molecule has 0 spiro atoms. The summed E-state index contributed by atoms with van der Waals surface area (Å²) in [5.74, 6) is 1.36. The van der Waals surface area contributed by atoms with Crippen molar-refractivity contribution in [3.63, 3.8) is 0 Å². The van der Waals surface area contributed by atoms with Crippen molar-refractivity contribution in [1.82, 2.24) is 24.7 Å². The van der Waals surface area contributed by atoms with Crippen LogP contribution in [0.4, 0.5) is 0 Å². The van der Waals surface area contributed by atoms with Crippen LogP contribution < -0.4 is 0 Å². The van der Waals surface area contributed by atoms with Crippen LogP contribution in [-0.4, -0.2) is 77.0 Å². The molecule has 1 aromatic rings. The molecule has 2 fully saturated rings. The molecule has 1 atom stereocenters. The Kier molecular flexibility index (Phi) is 4.52. The molecule has 21 heavy (non-hydrogen) atoms. The van der Waals surface area contributed by atoms with E-state index in [1.54, 1.807) is 0 Å². The Morgan fingerprint density at radius 2 is 2.00 bits per heavy atom. The fourth-order valence-electron chi connectivity index (χ4n) is 3.33. The van der Waals surface area contributed by atoms with Gasteiger partial charge in [-0.05, 0) is 13.1 Å². The lowest BCUT2D eigenvalue weighted by Crippen LogP contribution is -2.61. The van der Waals surface area contributed by atoms with E-state index < -0.39 is 0 Å². The van der Waals surface area contributed by atoms with Gasteiger partial charge in [0, 0.05) is 64.0 Å². The van der Waals surface area contributed by atoms with Crippen molar-refractivity contribution >= 4 is 0 Å². The van der Waals surface area contributed by atoms with Crippen LogP contribution in [0, 0.1) is 0 Å². The average Bonchev–Trinajstić information content (AvgIpc) is 2.47. The molecule has 5 heteroatoms. The van der Waals surface area contributed by atoms with Crippen molar-refractivity contribution in [3.05, 3.63) is 23.8 Å². The summed E-state index contributed by atoms with van der Waals surface area (Å²) in [6.45, 7) is 12.4. The molecule has 3 heterocycles. The van der Waals surface area contributed by atoms with Gasteiger partial charge in [0.05, 0.1) is 5.69 Å². The van der Waals surface area contributed by atoms with Crippen molar-refractivity contribution in [2.24, 2.45) is 0 Å². The highest BCUT2D eigenvalue weighted by molar-refractivity contribution is 5.05. The van der Waals surface area contributed by atoms with E-state index in [0.29, 0.717) is 12.0 Å². The molecular weight excluding hydrogens is 262 g/mol. The molecule has 0 aliphatic carbocycles. The molecule has 0 amide bonds. The molecular formula is C16H27N5. The van der Waals surface area contributed by atoms with Crippen molar-refractivity contribution < 1.29 is 0 Å². The Labute approximate surface area is 128 Å². The van der Waals surface area contributed by atoms with E-state index in [9.17, 15) is 0 Å². The SMILES string of the molecule is CC(C)c1nccc(CN2CCN3CCN(C)C[C@@H]3C2)n1. The highest BCUT2D eigenvalue weighted by Gasteiger charge is 2.30. The van der Waals surface area contributed by atoms with Gasteiger partial charge < -0.3 is 4.90 Å². The molecule has 0 N–H and O–H groups in total. The number of rotatable bonds is 3. The molecule has 0 unspecified atom stereocenters. The first kappa shape index (κ1) is 14.9. The molecule has 3 rings (SSSR count). The second-order valence-corrected chi connectivity index (χ2v) is 6.75. The molecule has 0 radical (unpaired) electrons. The van der Waals surface area contributed by atoms with Crippen molar-refractivity contribution in [1.29, 1.82) is 0 Å². The number of nitrogens with zero attached hydrogens (tertiary/aromatic N) is 5. The third kappa shape index (κ3) is 3.59. The topological polar surface area (TPSA) is 35.5 Å². The van der Waals surface area contributed by atoms with Gasteiger partial charge in [0.2, 0.25) is 0 Å². The molecule has 5 nitrogen and oxygen atoms in total. The molecule has 1 aromatic heterocycles. The third-order valence-corrected chi connectivity index (χ3v) is 4.61. The quantitative estimate of drug-likeness (QED) is 0.830. The van der Waals surface area contributed by atoms with Crippen LogP contribution in [0.2, 0.25) is 0 Å². The summed E-state index contributed by atoms with van der Waals surface area (Å²) >= 11 is 0. The molecule has 2 aliphatic rings. The van der Waals surface area contributed by atoms with Gasteiger partial charge in [0.25, 0.3) is 0 Å². The number of fused-ring (bicyclic) bond motifs is 1. The summed E-state index contributed by atoms with van der Waals surface area (Å²) in [5, 5.41) is 0. The first-order chi connectivity index (χ1) is 10.1. The van der Waals surface area contributed by atoms with Gasteiger partial charge in [-0.25, -0.2) is 9.97 Å². The minimum Gasteiger partial charge on any atom is -0.303 e. The highest BCUT2D eigenvalue weighted by Crippen LogP contribution is 2.17. The van der Waals surface area contributed by atoms with Gasteiger partial charge in [0.15, 0.2) is 0 Å². The number of hydrogen-bond donors (Lipinski definition) is 0.